The van der Waals surface area contributed by atoms with Crippen molar-refractivity contribution in [3.8, 4) is 0 Å². The summed E-state index contributed by atoms with van der Waals surface area (Å²) in [5.41, 5.74) is 2.42. The molecule has 0 aliphatic rings. The van der Waals surface area contributed by atoms with E-state index in [0.29, 0.717) is 19.3 Å². The highest BCUT2D eigenvalue weighted by Crippen LogP contribution is 2.08. The van der Waals surface area contributed by atoms with Crippen LogP contribution in [0.4, 0.5) is 0 Å². The minimum atomic E-state index is 0.568. The second kappa shape index (κ2) is 9.08. The Morgan fingerprint density at radius 1 is 1.11 bits per heavy atom. The predicted octanol–water partition coefficient (Wildman–Crippen LogP) is 3.08. The van der Waals surface area contributed by atoms with Gasteiger partial charge in [-0.25, -0.2) is 0 Å². The lowest BCUT2D eigenvalue weighted by Gasteiger charge is -2.20. The molecule has 3 nitrogen and oxygen atoms in total. The molecule has 0 spiro atoms. The van der Waals surface area contributed by atoms with Gasteiger partial charge in [0.15, 0.2) is 0 Å². The molecule has 0 saturated carbocycles. The van der Waals surface area contributed by atoms with Crippen molar-refractivity contribution in [1.82, 2.24) is 4.90 Å². The monoisotopic (exact) mass is 265 g/mol. The highest BCUT2D eigenvalue weighted by molar-refractivity contribution is 5.22. The molecule has 0 aromatic heterocycles. The summed E-state index contributed by atoms with van der Waals surface area (Å²) in [4.78, 5) is 2.28. The Morgan fingerprint density at radius 3 is 2.32 bits per heavy atom. The molecule has 1 aromatic rings. The van der Waals surface area contributed by atoms with Gasteiger partial charge in [0, 0.05) is 19.2 Å². The Labute approximate surface area is 117 Å². The van der Waals surface area contributed by atoms with Gasteiger partial charge in [0.05, 0.1) is 19.8 Å². The normalized spacial score (nSPS) is 11.5. The van der Waals surface area contributed by atoms with E-state index in [0.717, 1.165) is 19.8 Å². The number of benzene rings is 1. The summed E-state index contributed by atoms with van der Waals surface area (Å²) in [5.74, 6) is 0. The molecule has 0 aliphatic heterocycles. The average Bonchev–Trinajstić information content (AvgIpc) is 2.41. The SMILES string of the molecule is CCOCc1cccc(COCCN(C)C(C)C)c1. The molecule has 0 atom stereocenters. The molecule has 108 valence electrons. The van der Waals surface area contributed by atoms with Crippen LogP contribution < -0.4 is 0 Å². The molecule has 3 heteroatoms. The fourth-order valence-corrected chi connectivity index (χ4v) is 1.69. The van der Waals surface area contributed by atoms with E-state index in [-0.39, 0.29) is 0 Å². The Balaban J connectivity index is 2.29. The molecule has 0 bridgehead atoms. The third-order valence-electron chi connectivity index (χ3n) is 3.20. The van der Waals surface area contributed by atoms with Crippen molar-refractivity contribution in [2.45, 2.75) is 40.0 Å². The molecule has 0 saturated heterocycles. The molecule has 19 heavy (non-hydrogen) atoms. The van der Waals surface area contributed by atoms with Crippen LogP contribution in [0.25, 0.3) is 0 Å². The van der Waals surface area contributed by atoms with E-state index < -0.39 is 0 Å². The van der Waals surface area contributed by atoms with Crippen molar-refractivity contribution in [3.05, 3.63) is 35.4 Å². The summed E-state index contributed by atoms with van der Waals surface area (Å²) < 4.78 is 11.1. The van der Waals surface area contributed by atoms with E-state index in [4.69, 9.17) is 9.47 Å². The van der Waals surface area contributed by atoms with Crippen molar-refractivity contribution in [2.24, 2.45) is 0 Å². The third kappa shape index (κ3) is 6.71. The van der Waals surface area contributed by atoms with E-state index in [1.165, 1.54) is 11.1 Å². The van der Waals surface area contributed by atoms with E-state index >= 15 is 0 Å². The topological polar surface area (TPSA) is 21.7 Å². The Kier molecular flexibility index (Phi) is 7.72. The fraction of sp³-hybridized carbons (Fsp3) is 0.625. The fourth-order valence-electron chi connectivity index (χ4n) is 1.69. The first-order valence-corrected chi connectivity index (χ1v) is 7.07. The molecule has 0 amide bonds. The first-order chi connectivity index (χ1) is 9.13. The van der Waals surface area contributed by atoms with Gasteiger partial charge in [0.25, 0.3) is 0 Å². The molecule has 0 fully saturated rings. The van der Waals surface area contributed by atoms with Gasteiger partial charge >= 0.3 is 0 Å². The second-order valence-corrected chi connectivity index (χ2v) is 5.08. The molecule has 0 aliphatic carbocycles. The highest BCUT2D eigenvalue weighted by Gasteiger charge is 2.02. The van der Waals surface area contributed by atoms with Gasteiger partial charge in [-0.2, -0.15) is 0 Å². The first-order valence-electron chi connectivity index (χ1n) is 7.07. The summed E-state index contributed by atoms with van der Waals surface area (Å²) >= 11 is 0. The van der Waals surface area contributed by atoms with Crippen LogP contribution in [0.2, 0.25) is 0 Å². The molecule has 1 aromatic carbocycles. The zero-order valence-corrected chi connectivity index (χ0v) is 12.7. The van der Waals surface area contributed by atoms with Gasteiger partial charge in [0.2, 0.25) is 0 Å². The van der Waals surface area contributed by atoms with Crippen LogP contribution in [0.3, 0.4) is 0 Å². The number of nitrogens with zero attached hydrogens (tertiary/aromatic N) is 1. The summed E-state index contributed by atoms with van der Waals surface area (Å²) in [5, 5.41) is 0. The summed E-state index contributed by atoms with van der Waals surface area (Å²) in [6, 6.07) is 8.97. The van der Waals surface area contributed by atoms with Gasteiger partial charge in [-0.3, -0.25) is 0 Å². The second-order valence-electron chi connectivity index (χ2n) is 5.08. The van der Waals surface area contributed by atoms with Gasteiger partial charge in [-0.1, -0.05) is 24.3 Å². The van der Waals surface area contributed by atoms with Gasteiger partial charge in [-0.05, 0) is 38.9 Å². The van der Waals surface area contributed by atoms with Crippen LogP contribution in [0.1, 0.15) is 31.9 Å². The Hall–Kier alpha value is -0.900. The van der Waals surface area contributed by atoms with Crippen LogP contribution in [0.15, 0.2) is 24.3 Å². The summed E-state index contributed by atoms with van der Waals surface area (Å²) in [6.07, 6.45) is 0. The zero-order chi connectivity index (χ0) is 14.1. The molecule has 0 heterocycles. The van der Waals surface area contributed by atoms with Crippen LogP contribution in [0.5, 0.6) is 0 Å². The van der Waals surface area contributed by atoms with Crippen LogP contribution >= 0.6 is 0 Å². The molecule has 0 radical (unpaired) electrons. The number of rotatable bonds is 9. The number of likely N-dealkylation sites (N-methyl/N-ethyl adjacent to an activating group) is 1. The molecule has 1 rings (SSSR count). The van der Waals surface area contributed by atoms with E-state index in [1.807, 2.05) is 6.92 Å². The average molecular weight is 265 g/mol. The standard InChI is InChI=1S/C16H27NO2/c1-5-18-12-15-7-6-8-16(11-15)13-19-10-9-17(4)14(2)3/h6-8,11,14H,5,9-10,12-13H2,1-4H3. The van der Waals surface area contributed by atoms with Crippen molar-refractivity contribution in [2.75, 3.05) is 26.8 Å². The zero-order valence-electron chi connectivity index (χ0n) is 12.7. The largest absolute Gasteiger partial charge is 0.377 e. The van der Waals surface area contributed by atoms with Gasteiger partial charge in [-0.15, -0.1) is 0 Å². The Bertz CT molecular complexity index is 352. The summed E-state index contributed by atoms with van der Waals surface area (Å²) in [7, 11) is 2.12. The molecular formula is C16H27NO2. The maximum absolute atomic E-state index is 5.72. The Morgan fingerprint density at radius 2 is 1.74 bits per heavy atom. The number of hydrogen-bond acceptors (Lipinski definition) is 3. The van der Waals surface area contributed by atoms with E-state index in [2.05, 4.69) is 50.1 Å². The minimum Gasteiger partial charge on any atom is -0.377 e. The highest BCUT2D eigenvalue weighted by atomic mass is 16.5. The van der Waals surface area contributed by atoms with Crippen LogP contribution in [0, 0.1) is 0 Å². The molecule has 0 unspecified atom stereocenters. The number of hydrogen-bond donors (Lipinski definition) is 0. The quantitative estimate of drug-likeness (QED) is 0.640. The lowest BCUT2D eigenvalue weighted by molar-refractivity contribution is 0.0919. The minimum absolute atomic E-state index is 0.568. The maximum Gasteiger partial charge on any atom is 0.0717 e. The van der Waals surface area contributed by atoms with Crippen molar-refractivity contribution < 1.29 is 9.47 Å². The molecule has 0 N–H and O–H groups in total. The smallest absolute Gasteiger partial charge is 0.0717 e. The van der Waals surface area contributed by atoms with Crippen molar-refractivity contribution in [3.63, 3.8) is 0 Å². The summed E-state index contributed by atoms with van der Waals surface area (Å²) in [6.45, 7) is 10.2. The first kappa shape index (κ1) is 16.2. The van der Waals surface area contributed by atoms with Crippen molar-refractivity contribution >= 4 is 0 Å². The lowest BCUT2D eigenvalue weighted by Crippen LogP contribution is -2.29. The maximum atomic E-state index is 5.72. The van der Waals surface area contributed by atoms with Gasteiger partial charge < -0.3 is 14.4 Å². The lowest BCUT2D eigenvalue weighted by atomic mass is 10.1. The third-order valence-corrected chi connectivity index (χ3v) is 3.20. The predicted molar refractivity (Wildman–Crippen MR) is 79.2 cm³/mol. The van der Waals surface area contributed by atoms with E-state index in [1.54, 1.807) is 0 Å². The number of ether oxygens (including phenoxy) is 2. The van der Waals surface area contributed by atoms with Crippen molar-refractivity contribution in [1.29, 1.82) is 0 Å². The van der Waals surface area contributed by atoms with Crippen LogP contribution in [-0.4, -0.2) is 37.7 Å². The van der Waals surface area contributed by atoms with Crippen LogP contribution in [-0.2, 0) is 22.7 Å². The van der Waals surface area contributed by atoms with Gasteiger partial charge in [0.1, 0.15) is 0 Å². The van der Waals surface area contributed by atoms with E-state index in [9.17, 15) is 0 Å². The molecular weight excluding hydrogens is 238 g/mol.